The van der Waals surface area contributed by atoms with E-state index in [9.17, 15) is 0 Å². The first-order chi connectivity index (χ1) is 7.65. The van der Waals surface area contributed by atoms with Crippen molar-refractivity contribution < 1.29 is 0 Å². The van der Waals surface area contributed by atoms with Crippen molar-refractivity contribution in [3.05, 3.63) is 52.6 Å². The molecule has 0 aromatic heterocycles. The third kappa shape index (κ3) is 3.44. The van der Waals surface area contributed by atoms with Crippen molar-refractivity contribution in [3.63, 3.8) is 0 Å². The quantitative estimate of drug-likeness (QED) is 0.552. The van der Waals surface area contributed by atoms with E-state index in [1.807, 2.05) is 56.3 Å². The number of rotatable bonds is 2. The lowest BCUT2D eigenvalue weighted by atomic mass is 10.1. The Bertz CT molecular complexity index is 489. The predicted octanol–water partition coefficient (Wildman–Crippen LogP) is 3.37. The lowest BCUT2D eigenvalue weighted by Gasteiger charge is -1.96. The highest BCUT2D eigenvalue weighted by Gasteiger charge is 1.93. The second-order valence-corrected chi connectivity index (χ2v) is 3.58. The Labute approximate surface area is 95.8 Å². The maximum absolute atomic E-state index is 8.61. The molecule has 0 heterocycles. The number of allylic oxidation sites excluding steroid dienone is 3. The topological polar surface area (TPSA) is 47.6 Å². The Hall–Kier alpha value is -2.32. The van der Waals surface area contributed by atoms with Gasteiger partial charge in [0.2, 0.25) is 0 Å². The van der Waals surface area contributed by atoms with Crippen LogP contribution >= 0.6 is 0 Å². The summed E-state index contributed by atoms with van der Waals surface area (Å²) in [5.74, 6) is 0. The highest BCUT2D eigenvalue weighted by Crippen LogP contribution is 2.10. The number of hydrogen-bond donors (Lipinski definition) is 0. The van der Waals surface area contributed by atoms with Crippen molar-refractivity contribution in [2.75, 3.05) is 0 Å². The van der Waals surface area contributed by atoms with Crippen LogP contribution in [0.2, 0.25) is 0 Å². The summed E-state index contributed by atoms with van der Waals surface area (Å²) >= 11 is 0. The van der Waals surface area contributed by atoms with E-state index in [-0.39, 0.29) is 5.57 Å². The number of hydrogen-bond acceptors (Lipinski definition) is 2. The third-order valence-electron chi connectivity index (χ3n) is 2.08. The molecule has 0 bridgehead atoms. The Morgan fingerprint density at radius 2 is 1.69 bits per heavy atom. The highest BCUT2D eigenvalue weighted by atomic mass is 14.3. The first kappa shape index (κ1) is 11.8. The van der Waals surface area contributed by atoms with Crippen LogP contribution in [0.5, 0.6) is 0 Å². The van der Waals surface area contributed by atoms with Gasteiger partial charge in [-0.25, -0.2) is 0 Å². The summed E-state index contributed by atoms with van der Waals surface area (Å²) in [5, 5.41) is 17.2. The molecular formula is C14H12N2. The van der Waals surface area contributed by atoms with Crippen LogP contribution in [0.4, 0.5) is 0 Å². The third-order valence-corrected chi connectivity index (χ3v) is 2.08. The fourth-order valence-electron chi connectivity index (χ4n) is 1.28. The van der Waals surface area contributed by atoms with Gasteiger partial charge in [-0.1, -0.05) is 35.9 Å². The van der Waals surface area contributed by atoms with Gasteiger partial charge < -0.3 is 0 Å². The van der Waals surface area contributed by atoms with Crippen LogP contribution in [0.1, 0.15) is 18.1 Å². The lowest BCUT2D eigenvalue weighted by molar-refractivity contribution is 1.43. The summed E-state index contributed by atoms with van der Waals surface area (Å²) in [4.78, 5) is 0. The molecule has 0 fully saturated rings. The predicted molar refractivity (Wildman–Crippen MR) is 64.1 cm³/mol. The van der Waals surface area contributed by atoms with Crippen molar-refractivity contribution in [2.45, 2.75) is 13.8 Å². The molecule has 1 rings (SSSR count). The van der Waals surface area contributed by atoms with E-state index >= 15 is 0 Å². The minimum Gasteiger partial charge on any atom is -0.192 e. The average Bonchev–Trinajstić information content (AvgIpc) is 2.29. The largest absolute Gasteiger partial charge is 0.192 e. The number of benzene rings is 1. The van der Waals surface area contributed by atoms with E-state index in [1.165, 1.54) is 5.56 Å². The molecule has 0 spiro atoms. The minimum atomic E-state index is 0.126. The van der Waals surface area contributed by atoms with Gasteiger partial charge in [0.05, 0.1) is 0 Å². The Morgan fingerprint density at radius 1 is 1.12 bits per heavy atom. The van der Waals surface area contributed by atoms with Crippen molar-refractivity contribution in [1.82, 2.24) is 0 Å². The summed E-state index contributed by atoms with van der Waals surface area (Å²) in [6.07, 6.45) is 3.52. The van der Waals surface area contributed by atoms with E-state index in [1.54, 1.807) is 6.08 Å². The van der Waals surface area contributed by atoms with Crippen LogP contribution in [0.25, 0.3) is 6.08 Å². The van der Waals surface area contributed by atoms with Crippen LogP contribution in [-0.2, 0) is 0 Å². The highest BCUT2D eigenvalue weighted by molar-refractivity contribution is 5.57. The molecule has 1 aromatic carbocycles. The van der Waals surface area contributed by atoms with Crippen molar-refractivity contribution in [1.29, 1.82) is 10.5 Å². The Morgan fingerprint density at radius 3 is 2.19 bits per heavy atom. The smallest absolute Gasteiger partial charge is 0.129 e. The molecule has 16 heavy (non-hydrogen) atoms. The number of nitriles is 2. The molecule has 0 amide bonds. The SMILES string of the molecule is C/C(C=C(C#N)C#N)=C\c1ccc(C)cc1. The van der Waals surface area contributed by atoms with Crippen molar-refractivity contribution in [2.24, 2.45) is 0 Å². The van der Waals surface area contributed by atoms with Gasteiger partial charge in [0.15, 0.2) is 0 Å². The Kier molecular flexibility index (Phi) is 4.07. The van der Waals surface area contributed by atoms with Gasteiger partial charge >= 0.3 is 0 Å². The maximum atomic E-state index is 8.61. The van der Waals surface area contributed by atoms with Crippen LogP contribution in [-0.4, -0.2) is 0 Å². The molecule has 0 saturated heterocycles. The number of nitrogens with zero attached hydrogens (tertiary/aromatic N) is 2. The molecule has 0 saturated carbocycles. The molecule has 0 radical (unpaired) electrons. The van der Waals surface area contributed by atoms with Gasteiger partial charge in [-0.05, 0) is 31.1 Å². The molecule has 2 nitrogen and oxygen atoms in total. The van der Waals surface area contributed by atoms with Gasteiger partial charge in [-0.2, -0.15) is 10.5 Å². The molecule has 78 valence electrons. The van der Waals surface area contributed by atoms with Crippen LogP contribution in [0.15, 0.2) is 41.5 Å². The van der Waals surface area contributed by atoms with Gasteiger partial charge in [0.1, 0.15) is 17.7 Å². The minimum absolute atomic E-state index is 0.126. The van der Waals surface area contributed by atoms with Gasteiger partial charge in [0.25, 0.3) is 0 Å². The molecule has 0 unspecified atom stereocenters. The summed E-state index contributed by atoms with van der Waals surface area (Å²) in [6, 6.07) is 11.7. The molecule has 0 atom stereocenters. The summed E-state index contributed by atoms with van der Waals surface area (Å²) in [5.41, 5.74) is 3.29. The summed E-state index contributed by atoms with van der Waals surface area (Å²) < 4.78 is 0. The van der Waals surface area contributed by atoms with Crippen LogP contribution in [0, 0.1) is 29.6 Å². The van der Waals surface area contributed by atoms with E-state index in [0.717, 1.165) is 11.1 Å². The molecular weight excluding hydrogens is 196 g/mol. The average molecular weight is 208 g/mol. The zero-order chi connectivity index (χ0) is 12.0. The zero-order valence-electron chi connectivity index (χ0n) is 9.36. The molecule has 2 heteroatoms. The standard InChI is InChI=1S/C14H12N2/c1-11-3-5-13(6-4-11)7-12(2)8-14(9-15)10-16/h3-8H,1-2H3/b12-7+. The molecule has 0 N–H and O–H groups in total. The van der Waals surface area contributed by atoms with E-state index in [4.69, 9.17) is 10.5 Å². The zero-order valence-corrected chi connectivity index (χ0v) is 9.36. The van der Waals surface area contributed by atoms with Crippen LogP contribution < -0.4 is 0 Å². The van der Waals surface area contributed by atoms with Gasteiger partial charge in [-0.15, -0.1) is 0 Å². The second-order valence-electron chi connectivity index (χ2n) is 3.58. The normalized spacial score (nSPS) is 10.1. The van der Waals surface area contributed by atoms with E-state index in [2.05, 4.69) is 0 Å². The van der Waals surface area contributed by atoms with Crippen LogP contribution in [0.3, 0.4) is 0 Å². The monoisotopic (exact) mass is 208 g/mol. The first-order valence-electron chi connectivity index (χ1n) is 4.92. The van der Waals surface area contributed by atoms with E-state index in [0.29, 0.717) is 0 Å². The lowest BCUT2D eigenvalue weighted by Crippen LogP contribution is -1.78. The fraction of sp³-hybridized carbons (Fsp3) is 0.143. The Balaban J connectivity index is 2.95. The van der Waals surface area contributed by atoms with Crippen molar-refractivity contribution in [3.8, 4) is 12.1 Å². The second kappa shape index (κ2) is 5.53. The number of aryl methyl sites for hydroxylation is 1. The summed E-state index contributed by atoms with van der Waals surface area (Å²) in [7, 11) is 0. The molecule has 0 aliphatic heterocycles. The fourth-order valence-corrected chi connectivity index (χ4v) is 1.28. The molecule has 0 aliphatic rings. The maximum Gasteiger partial charge on any atom is 0.129 e. The first-order valence-corrected chi connectivity index (χ1v) is 4.92. The van der Waals surface area contributed by atoms with Gasteiger partial charge in [0, 0.05) is 0 Å². The van der Waals surface area contributed by atoms with Crippen molar-refractivity contribution >= 4 is 6.08 Å². The summed E-state index contributed by atoms with van der Waals surface area (Å²) in [6.45, 7) is 3.90. The van der Waals surface area contributed by atoms with E-state index < -0.39 is 0 Å². The molecule has 0 aliphatic carbocycles. The molecule has 1 aromatic rings. The van der Waals surface area contributed by atoms with Gasteiger partial charge in [-0.3, -0.25) is 0 Å².